The topological polar surface area (TPSA) is 21.3 Å². The summed E-state index contributed by atoms with van der Waals surface area (Å²) in [6.45, 7) is 13.0. The second-order valence-corrected chi connectivity index (χ2v) is 3.15. The number of hydrogen-bond donors (Lipinski definition) is 1. The first-order valence-electron chi connectivity index (χ1n) is 4.81. The number of rotatable bonds is 9. The van der Waals surface area contributed by atoms with Crippen molar-refractivity contribution in [3.8, 4) is 0 Å². The molecule has 0 heterocycles. The molecule has 0 amide bonds. The van der Waals surface area contributed by atoms with Crippen LogP contribution in [0.25, 0.3) is 0 Å². The zero-order valence-corrected chi connectivity index (χ0v) is 8.64. The van der Waals surface area contributed by atoms with Crippen LogP contribution in [0.4, 0.5) is 0 Å². The smallest absolute Gasteiger partial charge is 0.0591 e. The highest BCUT2D eigenvalue weighted by Crippen LogP contribution is 1.91. The van der Waals surface area contributed by atoms with Crippen molar-refractivity contribution in [2.45, 2.75) is 19.8 Å². The van der Waals surface area contributed by atoms with E-state index in [0.717, 1.165) is 39.1 Å². The van der Waals surface area contributed by atoms with Crippen molar-refractivity contribution < 1.29 is 4.74 Å². The van der Waals surface area contributed by atoms with E-state index in [1.807, 2.05) is 13.0 Å². The lowest BCUT2D eigenvalue weighted by Crippen LogP contribution is -2.21. The molecule has 0 bridgehead atoms. The summed E-state index contributed by atoms with van der Waals surface area (Å²) in [6, 6.07) is 0. The molecule has 0 aliphatic heterocycles. The van der Waals surface area contributed by atoms with Crippen molar-refractivity contribution in [1.29, 1.82) is 0 Å². The lowest BCUT2D eigenvalue weighted by molar-refractivity contribution is 0.140. The molecule has 0 aliphatic carbocycles. The van der Waals surface area contributed by atoms with E-state index in [4.69, 9.17) is 4.74 Å². The summed E-state index contributed by atoms with van der Waals surface area (Å²) in [5, 5.41) is 3.28. The van der Waals surface area contributed by atoms with Crippen LogP contribution < -0.4 is 5.32 Å². The second-order valence-electron chi connectivity index (χ2n) is 3.15. The van der Waals surface area contributed by atoms with Crippen molar-refractivity contribution in [3.63, 3.8) is 0 Å². The molecule has 0 fully saturated rings. The molecular weight excluding hydrogens is 162 g/mol. The van der Waals surface area contributed by atoms with Gasteiger partial charge in [0, 0.05) is 6.54 Å². The van der Waals surface area contributed by atoms with E-state index < -0.39 is 0 Å². The Morgan fingerprint density at radius 2 is 2.15 bits per heavy atom. The Balaban J connectivity index is 2.91. The van der Waals surface area contributed by atoms with Crippen molar-refractivity contribution >= 4 is 0 Å². The fraction of sp³-hybridized carbons (Fsp3) is 0.636. The number of hydrogen-bond acceptors (Lipinski definition) is 2. The van der Waals surface area contributed by atoms with Gasteiger partial charge in [-0.25, -0.2) is 0 Å². The van der Waals surface area contributed by atoms with Crippen LogP contribution in [0.15, 0.2) is 24.8 Å². The van der Waals surface area contributed by atoms with E-state index in [0.29, 0.717) is 0 Å². The van der Waals surface area contributed by atoms with E-state index >= 15 is 0 Å². The maximum atomic E-state index is 5.32. The summed E-state index contributed by atoms with van der Waals surface area (Å²) in [5.74, 6) is 0. The molecule has 0 saturated heterocycles. The normalized spacial score (nSPS) is 9.92. The maximum absolute atomic E-state index is 5.32. The summed E-state index contributed by atoms with van der Waals surface area (Å²) in [6.07, 6.45) is 3.85. The van der Waals surface area contributed by atoms with Crippen molar-refractivity contribution in [3.05, 3.63) is 24.8 Å². The van der Waals surface area contributed by atoms with Gasteiger partial charge in [0.2, 0.25) is 0 Å². The fourth-order valence-corrected chi connectivity index (χ4v) is 0.840. The average molecular weight is 183 g/mol. The summed E-state index contributed by atoms with van der Waals surface area (Å²) >= 11 is 0. The van der Waals surface area contributed by atoms with Crippen LogP contribution in [0, 0.1) is 0 Å². The van der Waals surface area contributed by atoms with Gasteiger partial charge in [-0.2, -0.15) is 0 Å². The lowest BCUT2D eigenvalue weighted by atomic mass is 10.2. The first-order valence-corrected chi connectivity index (χ1v) is 4.81. The van der Waals surface area contributed by atoms with E-state index in [1.54, 1.807) is 0 Å². The van der Waals surface area contributed by atoms with Gasteiger partial charge in [0.05, 0.1) is 13.2 Å². The van der Waals surface area contributed by atoms with Gasteiger partial charge in [0.1, 0.15) is 0 Å². The molecule has 2 nitrogen and oxygen atoms in total. The van der Waals surface area contributed by atoms with Gasteiger partial charge in [-0.3, -0.25) is 0 Å². The highest BCUT2D eigenvalue weighted by molar-refractivity contribution is 4.87. The molecule has 0 aliphatic rings. The van der Waals surface area contributed by atoms with Crippen molar-refractivity contribution in [2.24, 2.45) is 0 Å². The summed E-state index contributed by atoms with van der Waals surface area (Å²) in [5.41, 5.74) is 1.22. The predicted octanol–water partition coefficient (Wildman–Crippen LogP) is 2.13. The van der Waals surface area contributed by atoms with E-state index in [9.17, 15) is 0 Å². The minimum Gasteiger partial charge on any atom is -0.380 e. The minimum absolute atomic E-state index is 0.782. The molecular formula is C11H21NO. The van der Waals surface area contributed by atoms with Crippen LogP contribution in [-0.2, 0) is 4.74 Å². The van der Waals surface area contributed by atoms with Gasteiger partial charge >= 0.3 is 0 Å². The standard InChI is InChI=1S/C11H21NO/c1-4-5-9-13-10-8-12-7-6-11(2)3/h4,12H,1-2,5-10H2,3H3. The molecule has 76 valence electrons. The van der Waals surface area contributed by atoms with Gasteiger partial charge in [0.25, 0.3) is 0 Å². The number of ether oxygens (including phenoxy) is 1. The monoisotopic (exact) mass is 183 g/mol. The molecule has 0 aromatic rings. The third kappa shape index (κ3) is 11.4. The average Bonchev–Trinajstić information content (AvgIpc) is 2.09. The molecule has 13 heavy (non-hydrogen) atoms. The first kappa shape index (κ1) is 12.4. The fourth-order valence-electron chi connectivity index (χ4n) is 0.840. The zero-order valence-electron chi connectivity index (χ0n) is 8.64. The highest BCUT2D eigenvalue weighted by atomic mass is 16.5. The Kier molecular flexibility index (Phi) is 9.05. The largest absolute Gasteiger partial charge is 0.380 e. The molecule has 0 unspecified atom stereocenters. The van der Waals surface area contributed by atoms with Crippen LogP contribution in [0.5, 0.6) is 0 Å². The van der Waals surface area contributed by atoms with Crippen LogP contribution >= 0.6 is 0 Å². The van der Waals surface area contributed by atoms with Crippen molar-refractivity contribution in [2.75, 3.05) is 26.3 Å². The van der Waals surface area contributed by atoms with Gasteiger partial charge in [-0.15, -0.1) is 13.2 Å². The maximum Gasteiger partial charge on any atom is 0.0591 e. The number of nitrogens with one attached hydrogen (secondary N) is 1. The van der Waals surface area contributed by atoms with Crippen LogP contribution in [0.3, 0.4) is 0 Å². The molecule has 0 atom stereocenters. The van der Waals surface area contributed by atoms with Crippen LogP contribution in [0.1, 0.15) is 19.8 Å². The van der Waals surface area contributed by atoms with Crippen LogP contribution in [0.2, 0.25) is 0 Å². The molecule has 2 heteroatoms. The molecule has 0 saturated carbocycles. The van der Waals surface area contributed by atoms with E-state index in [1.165, 1.54) is 5.57 Å². The zero-order chi connectivity index (χ0) is 9.94. The third-order valence-electron chi connectivity index (χ3n) is 1.62. The quantitative estimate of drug-likeness (QED) is 0.437. The molecule has 0 radical (unpaired) electrons. The predicted molar refractivity (Wildman–Crippen MR) is 57.9 cm³/mol. The summed E-state index contributed by atoms with van der Waals surface area (Å²) in [4.78, 5) is 0. The summed E-state index contributed by atoms with van der Waals surface area (Å²) < 4.78 is 5.32. The molecule has 0 aromatic carbocycles. The molecule has 0 aromatic heterocycles. The van der Waals surface area contributed by atoms with Gasteiger partial charge in [-0.1, -0.05) is 11.6 Å². The summed E-state index contributed by atoms with van der Waals surface area (Å²) in [7, 11) is 0. The Morgan fingerprint density at radius 1 is 1.38 bits per heavy atom. The Morgan fingerprint density at radius 3 is 2.77 bits per heavy atom. The molecule has 0 rings (SSSR count). The minimum atomic E-state index is 0.782. The van der Waals surface area contributed by atoms with E-state index in [2.05, 4.69) is 18.5 Å². The SMILES string of the molecule is C=CCCOCCNCCC(=C)C. The van der Waals surface area contributed by atoms with Gasteiger partial charge in [0.15, 0.2) is 0 Å². The van der Waals surface area contributed by atoms with Gasteiger partial charge < -0.3 is 10.1 Å². The van der Waals surface area contributed by atoms with E-state index in [-0.39, 0.29) is 0 Å². The van der Waals surface area contributed by atoms with Gasteiger partial charge in [-0.05, 0) is 26.3 Å². The second kappa shape index (κ2) is 9.49. The third-order valence-corrected chi connectivity index (χ3v) is 1.62. The molecule has 0 spiro atoms. The Bertz CT molecular complexity index is 143. The first-order chi connectivity index (χ1) is 6.27. The molecule has 1 N–H and O–H groups in total. The Labute approximate surface area is 81.7 Å². The van der Waals surface area contributed by atoms with Crippen LogP contribution in [-0.4, -0.2) is 26.3 Å². The lowest BCUT2D eigenvalue weighted by Gasteiger charge is -2.04. The van der Waals surface area contributed by atoms with Crippen molar-refractivity contribution in [1.82, 2.24) is 5.32 Å². The Hall–Kier alpha value is -0.600. The highest BCUT2D eigenvalue weighted by Gasteiger charge is 1.88.